The van der Waals surface area contributed by atoms with Gasteiger partial charge in [-0.25, -0.2) is 4.98 Å². The molecule has 1 aromatic carbocycles. The van der Waals surface area contributed by atoms with Crippen molar-refractivity contribution in [2.45, 2.75) is 31.8 Å². The summed E-state index contributed by atoms with van der Waals surface area (Å²) < 4.78 is 5.15. The number of nitrogens with zero attached hydrogens (tertiary/aromatic N) is 2. The van der Waals surface area contributed by atoms with Crippen molar-refractivity contribution < 1.29 is 19.4 Å². The normalized spacial score (nSPS) is 18.8. The zero-order valence-corrected chi connectivity index (χ0v) is 16.2. The lowest BCUT2D eigenvalue weighted by molar-refractivity contribution is -0.139. The number of carbonyl (C=O) groups excluding carboxylic acids is 1. The van der Waals surface area contributed by atoms with Crippen LogP contribution in [0.3, 0.4) is 0 Å². The van der Waals surface area contributed by atoms with E-state index >= 15 is 0 Å². The molecule has 0 unspecified atom stereocenters. The molecule has 0 aliphatic heterocycles. The Balaban J connectivity index is 1.54. The van der Waals surface area contributed by atoms with Crippen LogP contribution < -0.4 is 10.1 Å². The predicted octanol–water partition coefficient (Wildman–Crippen LogP) is 2.49. The van der Waals surface area contributed by atoms with Gasteiger partial charge in [-0.15, -0.1) is 11.3 Å². The Morgan fingerprint density at radius 3 is 2.63 bits per heavy atom. The van der Waals surface area contributed by atoms with Crippen molar-refractivity contribution in [1.29, 1.82) is 0 Å². The van der Waals surface area contributed by atoms with Gasteiger partial charge in [0.15, 0.2) is 0 Å². The van der Waals surface area contributed by atoms with Crippen LogP contribution in [0.15, 0.2) is 29.6 Å². The van der Waals surface area contributed by atoms with E-state index in [1.165, 1.54) is 11.3 Å². The quantitative estimate of drug-likeness (QED) is 0.721. The van der Waals surface area contributed by atoms with Crippen LogP contribution in [0.5, 0.6) is 5.75 Å². The second-order valence-electron chi connectivity index (χ2n) is 6.52. The van der Waals surface area contributed by atoms with E-state index in [1.54, 1.807) is 12.5 Å². The summed E-state index contributed by atoms with van der Waals surface area (Å²) in [7, 11) is 1.62. The van der Waals surface area contributed by atoms with Gasteiger partial charge in [0.05, 0.1) is 13.7 Å². The SMILES string of the molecule is CCN(CC(=O)O)C1CC(NC(=O)c2csc(-c3ccc(OC)cc3)n2)C1. The molecule has 1 amide bonds. The first-order valence-corrected chi connectivity index (χ1v) is 9.74. The summed E-state index contributed by atoms with van der Waals surface area (Å²) in [5.41, 5.74) is 1.35. The van der Waals surface area contributed by atoms with Crippen molar-refractivity contribution in [2.24, 2.45) is 0 Å². The van der Waals surface area contributed by atoms with Crippen molar-refractivity contribution in [3.05, 3.63) is 35.3 Å². The summed E-state index contributed by atoms with van der Waals surface area (Å²) in [6, 6.07) is 7.83. The average molecular weight is 389 g/mol. The third kappa shape index (κ3) is 4.64. The molecule has 3 rings (SSSR count). The van der Waals surface area contributed by atoms with Crippen LogP contribution in [0, 0.1) is 0 Å². The Morgan fingerprint density at radius 1 is 1.33 bits per heavy atom. The third-order valence-corrected chi connectivity index (χ3v) is 5.67. The van der Waals surface area contributed by atoms with Gasteiger partial charge in [0, 0.05) is 23.0 Å². The summed E-state index contributed by atoms with van der Waals surface area (Å²) in [4.78, 5) is 29.7. The lowest BCUT2D eigenvalue weighted by atomic mass is 9.85. The monoisotopic (exact) mass is 389 g/mol. The molecule has 2 aromatic rings. The van der Waals surface area contributed by atoms with E-state index in [0.717, 1.165) is 29.2 Å². The third-order valence-electron chi connectivity index (χ3n) is 4.78. The summed E-state index contributed by atoms with van der Waals surface area (Å²) >= 11 is 1.43. The molecule has 1 aromatic heterocycles. The Bertz CT molecular complexity index is 800. The van der Waals surface area contributed by atoms with Crippen LogP contribution in [-0.4, -0.2) is 59.1 Å². The minimum absolute atomic E-state index is 0.0408. The van der Waals surface area contributed by atoms with Gasteiger partial charge >= 0.3 is 5.97 Å². The molecule has 1 fully saturated rings. The number of benzene rings is 1. The first kappa shape index (κ1) is 19.3. The predicted molar refractivity (Wildman–Crippen MR) is 103 cm³/mol. The van der Waals surface area contributed by atoms with Gasteiger partial charge in [0.2, 0.25) is 0 Å². The van der Waals surface area contributed by atoms with Crippen molar-refractivity contribution in [2.75, 3.05) is 20.2 Å². The van der Waals surface area contributed by atoms with Crippen molar-refractivity contribution >= 4 is 23.2 Å². The number of thiazole rings is 1. The Hall–Kier alpha value is -2.45. The molecule has 1 saturated carbocycles. The van der Waals surface area contributed by atoms with E-state index in [1.807, 2.05) is 36.1 Å². The number of aliphatic carboxylic acids is 1. The number of ether oxygens (including phenoxy) is 1. The van der Waals surface area contributed by atoms with Gasteiger partial charge < -0.3 is 15.2 Å². The Kier molecular flexibility index (Phi) is 6.08. The second-order valence-corrected chi connectivity index (χ2v) is 7.38. The maximum Gasteiger partial charge on any atom is 0.317 e. The molecule has 1 aliphatic rings. The zero-order valence-electron chi connectivity index (χ0n) is 15.3. The van der Waals surface area contributed by atoms with E-state index in [4.69, 9.17) is 9.84 Å². The fraction of sp³-hybridized carbons (Fsp3) is 0.421. The molecular formula is C19H23N3O4S. The molecular weight excluding hydrogens is 366 g/mol. The van der Waals surface area contributed by atoms with Gasteiger partial charge in [-0.3, -0.25) is 14.5 Å². The van der Waals surface area contributed by atoms with Crippen molar-refractivity contribution in [3.8, 4) is 16.3 Å². The molecule has 0 radical (unpaired) electrons. The molecule has 144 valence electrons. The molecule has 7 nitrogen and oxygen atoms in total. The van der Waals surface area contributed by atoms with Crippen LogP contribution in [0.2, 0.25) is 0 Å². The van der Waals surface area contributed by atoms with Crippen LogP contribution >= 0.6 is 11.3 Å². The van der Waals surface area contributed by atoms with E-state index in [2.05, 4.69) is 10.3 Å². The lowest BCUT2D eigenvalue weighted by Gasteiger charge is -2.42. The summed E-state index contributed by atoms with van der Waals surface area (Å²) in [6.07, 6.45) is 1.53. The van der Waals surface area contributed by atoms with E-state index in [9.17, 15) is 9.59 Å². The van der Waals surface area contributed by atoms with Gasteiger partial charge in [-0.05, 0) is 43.7 Å². The molecule has 8 heteroatoms. The average Bonchev–Trinajstić information content (AvgIpc) is 3.12. The maximum absolute atomic E-state index is 12.4. The van der Waals surface area contributed by atoms with Gasteiger partial charge in [0.25, 0.3) is 5.91 Å². The first-order valence-electron chi connectivity index (χ1n) is 8.86. The molecule has 0 saturated heterocycles. The molecule has 1 aliphatic carbocycles. The summed E-state index contributed by atoms with van der Waals surface area (Å²) in [5, 5.41) is 14.5. The zero-order chi connectivity index (χ0) is 19.4. The maximum atomic E-state index is 12.4. The van der Waals surface area contributed by atoms with Crippen LogP contribution in [0.25, 0.3) is 10.6 Å². The van der Waals surface area contributed by atoms with Crippen LogP contribution in [0.4, 0.5) is 0 Å². The molecule has 0 spiro atoms. The minimum atomic E-state index is -0.821. The largest absolute Gasteiger partial charge is 0.497 e. The fourth-order valence-electron chi connectivity index (χ4n) is 3.18. The Morgan fingerprint density at radius 2 is 2.04 bits per heavy atom. The highest BCUT2D eigenvalue weighted by molar-refractivity contribution is 7.13. The van der Waals surface area contributed by atoms with Crippen LogP contribution in [0.1, 0.15) is 30.3 Å². The number of methoxy groups -OCH3 is 1. The number of hydrogen-bond acceptors (Lipinski definition) is 6. The molecule has 27 heavy (non-hydrogen) atoms. The number of carbonyl (C=O) groups is 2. The highest BCUT2D eigenvalue weighted by atomic mass is 32.1. The van der Waals surface area contributed by atoms with E-state index in [-0.39, 0.29) is 24.5 Å². The number of amides is 1. The lowest BCUT2D eigenvalue weighted by Crippen LogP contribution is -2.54. The fourth-order valence-corrected chi connectivity index (χ4v) is 3.99. The topological polar surface area (TPSA) is 91.8 Å². The molecule has 2 N–H and O–H groups in total. The highest BCUT2D eigenvalue weighted by Crippen LogP contribution is 2.28. The highest BCUT2D eigenvalue weighted by Gasteiger charge is 2.35. The van der Waals surface area contributed by atoms with E-state index < -0.39 is 5.97 Å². The number of nitrogens with one attached hydrogen (secondary N) is 1. The number of aromatic nitrogens is 1. The minimum Gasteiger partial charge on any atom is -0.497 e. The molecule has 1 heterocycles. The molecule has 0 atom stereocenters. The van der Waals surface area contributed by atoms with Gasteiger partial charge in [-0.2, -0.15) is 0 Å². The van der Waals surface area contributed by atoms with Crippen molar-refractivity contribution in [3.63, 3.8) is 0 Å². The van der Waals surface area contributed by atoms with Crippen LogP contribution in [-0.2, 0) is 4.79 Å². The van der Waals surface area contributed by atoms with Crippen molar-refractivity contribution in [1.82, 2.24) is 15.2 Å². The van der Waals surface area contributed by atoms with Gasteiger partial charge in [0.1, 0.15) is 16.5 Å². The smallest absolute Gasteiger partial charge is 0.317 e. The second kappa shape index (κ2) is 8.49. The summed E-state index contributed by atoms with van der Waals surface area (Å²) in [5.74, 6) is -0.231. The Labute approximate surface area is 162 Å². The first-order chi connectivity index (χ1) is 13.0. The number of hydrogen-bond donors (Lipinski definition) is 2. The number of carboxylic acids is 1. The van der Waals surface area contributed by atoms with Gasteiger partial charge in [-0.1, -0.05) is 6.92 Å². The standard InChI is InChI=1S/C19H23N3O4S/c1-3-22(10-17(23)24)14-8-13(9-14)20-18(25)16-11-27-19(21-16)12-4-6-15(26-2)7-5-12/h4-7,11,13-14H,3,8-10H2,1-2H3,(H,20,25)(H,23,24). The number of carboxylic acid groups (broad SMARTS) is 1. The van der Waals surface area contributed by atoms with E-state index in [0.29, 0.717) is 12.2 Å². The molecule has 0 bridgehead atoms. The summed E-state index contributed by atoms with van der Waals surface area (Å²) in [6.45, 7) is 2.68. The number of rotatable bonds is 8. The number of likely N-dealkylation sites (N-methyl/N-ethyl adjacent to an activating group) is 1.